The fourth-order valence-corrected chi connectivity index (χ4v) is 2.39. The molecule has 23 heavy (non-hydrogen) atoms. The van der Waals surface area contributed by atoms with Crippen molar-refractivity contribution in [3.63, 3.8) is 0 Å². The van der Waals surface area contributed by atoms with Crippen LogP contribution in [0.15, 0.2) is 65.8 Å². The molecule has 5 nitrogen and oxygen atoms in total. The number of hydrogen-bond donors (Lipinski definition) is 0. The maximum Gasteiger partial charge on any atom is 0.344 e. The van der Waals surface area contributed by atoms with Crippen molar-refractivity contribution in [2.24, 2.45) is 5.18 Å². The Morgan fingerprint density at radius 3 is 2.39 bits per heavy atom. The zero-order chi connectivity index (χ0) is 16.2. The van der Waals surface area contributed by atoms with Crippen LogP contribution in [-0.4, -0.2) is 13.1 Å². The highest BCUT2D eigenvalue weighted by atomic mass is 16.5. The Bertz CT molecular complexity index is 884. The Morgan fingerprint density at radius 2 is 1.61 bits per heavy atom. The lowest BCUT2D eigenvalue weighted by molar-refractivity contribution is 0.0599. The molecule has 0 fully saturated rings. The van der Waals surface area contributed by atoms with Crippen LogP contribution in [0.1, 0.15) is 10.4 Å². The highest BCUT2D eigenvalue weighted by Crippen LogP contribution is 2.35. The fraction of sp³-hybridized carbons (Fsp3) is 0.0556. The average molecular weight is 307 g/mol. The summed E-state index contributed by atoms with van der Waals surface area (Å²) in [5, 5.41) is 4.78. The van der Waals surface area contributed by atoms with Crippen LogP contribution < -0.4 is 4.74 Å². The third kappa shape index (κ3) is 2.76. The highest BCUT2D eigenvalue weighted by Gasteiger charge is 2.20. The number of rotatable bonds is 4. The Balaban J connectivity index is 2.12. The van der Waals surface area contributed by atoms with E-state index in [1.54, 1.807) is 18.2 Å². The molecule has 0 radical (unpaired) electrons. The average Bonchev–Trinajstić information content (AvgIpc) is 2.61. The van der Waals surface area contributed by atoms with Gasteiger partial charge in [-0.05, 0) is 28.8 Å². The molecule has 0 atom stereocenters. The third-order valence-corrected chi connectivity index (χ3v) is 3.46. The normalized spacial score (nSPS) is 10.3. The molecule has 5 heteroatoms. The number of benzene rings is 3. The van der Waals surface area contributed by atoms with Gasteiger partial charge in [-0.3, -0.25) is 0 Å². The molecule has 114 valence electrons. The maximum absolute atomic E-state index is 12.0. The van der Waals surface area contributed by atoms with Crippen LogP contribution in [0.4, 0.5) is 5.69 Å². The Hall–Kier alpha value is -3.21. The van der Waals surface area contributed by atoms with Crippen molar-refractivity contribution in [1.29, 1.82) is 0 Å². The molecule has 0 amide bonds. The van der Waals surface area contributed by atoms with Gasteiger partial charge in [0.05, 0.1) is 7.11 Å². The van der Waals surface area contributed by atoms with E-state index in [1.807, 2.05) is 36.4 Å². The van der Waals surface area contributed by atoms with E-state index in [0.717, 1.165) is 10.8 Å². The summed E-state index contributed by atoms with van der Waals surface area (Å²) in [6, 6.07) is 18.0. The molecule has 0 saturated heterocycles. The molecule has 0 spiro atoms. The number of hydrogen-bond acceptors (Lipinski definition) is 5. The quantitative estimate of drug-likeness (QED) is 0.512. The lowest BCUT2D eigenvalue weighted by atomic mass is 10.1. The van der Waals surface area contributed by atoms with Crippen LogP contribution in [0.2, 0.25) is 0 Å². The molecular formula is C18H13NO4. The van der Waals surface area contributed by atoms with Gasteiger partial charge in [0, 0.05) is 5.39 Å². The zero-order valence-corrected chi connectivity index (χ0v) is 12.4. The predicted octanol–water partition coefficient (Wildman–Crippen LogP) is 4.82. The number of nitrogens with zero attached hydrogens (tertiary/aromatic N) is 1. The SMILES string of the molecule is COC(=O)c1c(N=O)cccc1Oc1cccc2ccccc12. The minimum atomic E-state index is -0.671. The first kappa shape index (κ1) is 14.7. The molecule has 0 aliphatic heterocycles. The smallest absolute Gasteiger partial charge is 0.344 e. The van der Waals surface area contributed by atoms with Gasteiger partial charge in [-0.25, -0.2) is 4.79 Å². The topological polar surface area (TPSA) is 65.0 Å². The van der Waals surface area contributed by atoms with Crippen molar-refractivity contribution in [3.05, 3.63) is 71.1 Å². The summed E-state index contributed by atoms with van der Waals surface area (Å²) < 4.78 is 10.6. The van der Waals surface area contributed by atoms with Gasteiger partial charge in [0.25, 0.3) is 0 Å². The maximum atomic E-state index is 12.0. The summed E-state index contributed by atoms with van der Waals surface area (Å²) in [4.78, 5) is 22.9. The van der Waals surface area contributed by atoms with Crippen molar-refractivity contribution in [3.8, 4) is 11.5 Å². The first-order chi connectivity index (χ1) is 11.2. The number of carbonyl (C=O) groups excluding carboxylic acids is 1. The van der Waals surface area contributed by atoms with E-state index in [2.05, 4.69) is 5.18 Å². The van der Waals surface area contributed by atoms with E-state index in [4.69, 9.17) is 9.47 Å². The second kappa shape index (κ2) is 6.27. The first-order valence-electron chi connectivity index (χ1n) is 6.95. The summed E-state index contributed by atoms with van der Waals surface area (Å²) in [5.74, 6) is 0.136. The Morgan fingerprint density at radius 1 is 0.913 bits per heavy atom. The number of esters is 1. The lowest BCUT2D eigenvalue weighted by Crippen LogP contribution is -2.04. The van der Waals surface area contributed by atoms with Crippen LogP contribution in [0, 0.1) is 4.91 Å². The lowest BCUT2D eigenvalue weighted by Gasteiger charge is -2.12. The summed E-state index contributed by atoms with van der Waals surface area (Å²) in [7, 11) is 1.24. The second-order valence-electron chi connectivity index (χ2n) is 4.81. The van der Waals surface area contributed by atoms with Crippen molar-refractivity contribution < 1.29 is 14.3 Å². The van der Waals surface area contributed by atoms with E-state index in [9.17, 15) is 9.70 Å². The predicted molar refractivity (Wildman–Crippen MR) is 87.3 cm³/mol. The highest BCUT2D eigenvalue weighted by molar-refractivity contribution is 5.98. The number of nitroso groups, excluding NO2 is 1. The molecule has 0 unspecified atom stereocenters. The number of methoxy groups -OCH3 is 1. The second-order valence-corrected chi connectivity index (χ2v) is 4.81. The summed E-state index contributed by atoms with van der Waals surface area (Å²) in [5.41, 5.74) is -0.00693. The summed E-state index contributed by atoms with van der Waals surface area (Å²) in [6.45, 7) is 0. The molecule has 0 heterocycles. The summed E-state index contributed by atoms with van der Waals surface area (Å²) >= 11 is 0. The van der Waals surface area contributed by atoms with Crippen LogP contribution in [0.3, 0.4) is 0 Å². The number of ether oxygens (including phenoxy) is 2. The Labute approximate surface area is 132 Å². The number of carbonyl (C=O) groups is 1. The van der Waals surface area contributed by atoms with Gasteiger partial charge in [0.15, 0.2) is 0 Å². The van der Waals surface area contributed by atoms with E-state index in [1.165, 1.54) is 13.2 Å². The molecule has 0 aliphatic rings. The van der Waals surface area contributed by atoms with Crippen LogP contribution in [0.25, 0.3) is 10.8 Å². The minimum Gasteiger partial charge on any atom is -0.465 e. The third-order valence-electron chi connectivity index (χ3n) is 3.46. The van der Waals surface area contributed by atoms with Crippen molar-refractivity contribution >= 4 is 22.4 Å². The molecule has 0 aliphatic carbocycles. The van der Waals surface area contributed by atoms with E-state index in [-0.39, 0.29) is 17.0 Å². The van der Waals surface area contributed by atoms with Gasteiger partial charge in [-0.2, -0.15) is 0 Å². The van der Waals surface area contributed by atoms with E-state index >= 15 is 0 Å². The molecule has 3 aromatic carbocycles. The van der Waals surface area contributed by atoms with E-state index in [0.29, 0.717) is 5.75 Å². The van der Waals surface area contributed by atoms with Crippen molar-refractivity contribution in [2.45, 2.75) is 0 Å². The number of fused-ring (bicyclic) bond motifs is 1. The van der Waals surface area contributed by atoms with Gasteiger partial charge in [0.2, 0.25) is 0 Å². The van der Waals surface area contributed by atoms with E-state index < -0.39 is 5.97 Å². The molecule has 0 saturated carbocycles. The van der Waals surface area contributed by atoms with Crippen LogP contribution in [-0.2, 0) is 4.74 Å². The van der Waals surface area contributed by atoms with Gasteiger partial charge in [-0.15, -0.1) is 4.91 Å². The molecular weight excluding hydrogens is 294 g/mol. The van der Waals surface area contributed by atoms with Crippen LogP contribution in [0.5, 0.6) is 11.5 Å². The van der Waals surface area contributed by atoms with Crippen molar-refractivity contribution in [1.82, 2.24) is 0 Å². The van der Waals surface area contributed by atoms with Gasteiger partial charge in [0.1, 0.15) is 22.7 Å². The summed E-state index contributed by atoms with van der Waals surface area (Å²) in [6.07, 6.45) is 0. The minimum absolute atomic E-state index is 0.0120. The Kier molecular flexibility index (Phi) is 4.01. The first-order valence-corrected chi connectivity index (χ1v) is 6.95. The standard InChI is InChI=1S/C18H13NO4/c1-22-18(20)17-14(19-21)9-5-11-16(17)23-15-10-4-7-12-6-2-3-8-13(12)15/h2-11H,1H3. The van der Waals surface area contributed by atoms with Gasteiger partial charge in [-0.1, -0.05) is 42.5 Å². The molecule has 0 aromatic heterocycles. The van der Waals surface area contributed by atoms with Gasteiger partial charge >= 0.3 is 5.97 Å². The fourth-order valence-electron chi connectivity index (χ4n) is 2.39. The zero-order valence-electron chi connectivity index (χ0n) is 12.4. The molecule has 3 rings (SSSR count). The molecule has 0 bridgehead atoms. The largest absolute Gasteiger partial charge is 0.465 e. The molecule has 3 aromatic rings. The van der Waals surface area contributed by atoms with Crippen LogP contribution >= 0.6 is 0 Å². The monoisotopic (exact) mass is 307 g/mol. The molecule has 0 N–H and O–H groups in total. The van der Waals surface area contributed by atoms with Gasteiger partial charge < -0.3 is 9.47 Å². The van der Waals surface area contributed by atoms with Crippen molar-refractivity contribution in [2.75, 3.05) is 7.11 Å².